The van der Waals surface area contributed by atoms with Gasteiger partial charge in [-0.15, -0.1) is 0 Å². The van der Waals surface area contributed by atoms with Crippen molar-refractivity contribution in [2.75, 3.05) is 0 Å². The molecule has 0 unspecified atom stereocenters. The third-order valence-electron chi connectivity index (χ3n) is 3.08. The van der Waals surface area contributed by atoms with Crippen LogP contribution in [-0.2, 0) is 6.54 Å². The molecule has 5 heteroatoms. The molecular formula is C12H11FN2OS. The minimum Gasteiger partial charge on any atom is -0.332 e. The van der Waals surface area contributed by atoms with Crippen LogP contribution in [0.2, 0.25) is 0 Å². The van der Waals surface area contributed by atoms with Crippen LogP contribution in [0.3, 0.4) is 0 Å². The number of hydrogen-bond donors (Lipinski definition) is 1. The third kappa shape index (κ3) is 1.91. The van der Waals surface area contributed by atoms with Gasteiger partial charge in [-0.2, -0.15) is 0 Å². The summed E-state index contributed by atoms with van der Waals surface area (Å²) in [6, 6.07) is 4.12. The van der Waals surface area contributed by atoms with E-state index in [0.717, 1.165) is 12.8 Å². The summed E-state index contributed by atoms with van der Waals surface area (Å²) < 4.78 is 15.1. The molecule has 88 valence electrons. The number of halogens is 1. The second-order valence-electron chi connectivity index (χ2n) is 4.48. The maximum atomic E-state index is 13.1. The van der Waals surface area contributed by atoms with Crippen LogP contribution >= 0.6 is 12.2 Å². The number of fused-ring (bicyclic) bond motifs is 1. The van der Waals surface area contributed by atoms with Crippen molar-refractivity contribution in [1.82, 2.24) is 9.55 Å². The Kier molecular flexibility index (Phi) is 2.36. The van der Waals surface area contributed by atoms with Gasteiger partial charge in [0.25, 0.3) is 5.56 Å². The van der Waals surface area contributed by atoms with E-state index in [2.05, 4.69) is 4.98 Å². The van der Waals surface area contributed by atoms with Crippen molar-refractivity contribution in [3.8, 4) is 0 Å². The van der Waals surface area contributed by atoms with Crippen molar-refractivity contribution in [2.24, 2.45) is 5.92 Å². The van der Waals surface area contributed by atoms with E-state index in [1.165, 1.54) is 16.7 Å². The molecule has 1 aliphatic rings. The van der Waals surface area contributed by atoms with Gasteiger partial charge in [0.05, 0.1) is 10.9 Å². The highest BCUT2D eigenvalue weighted by Crippen LogP contribution is 2.30. The first-order chi connectivity index (χ1) is 8.15. The predicted octanol–water partition coefficient (Wildman–Crippen LogP) is 2.61. The van der Waals surface area contributed by atoms with E-state index < -0.39 is 5.82 Å². The monoisotopic (exact) mass is 250 g/mol. The normalized spacial score (nSPS) is 15.4. The quantitative estimate of drug-likeness (QED) is 0.832. The summed E-state index contributed by atoms with van der Waals surface area (Å²) in [5.41, 5.74) is 0.392. The summed E-state index contributed by atoms with van der Waals surface area (Å²) in [5, 5.41) is 0.360. The fraction of sp³-hybridized carbons (Fsp3) is 0.333. The van der Waals surface area contributed by atoms with Crippen LogP contribution in [0.15, 0.2) is 23.0 Å². The molecule has 0 saturated heterocycles. The van der Waals surface area contributed by atoms with E-state index in [1.54, 1.807) is 6.07 Å². The van der Waals surface area contributed by atoms with Gasteiger partial charge in [0.15, 0.2) is 4.77 Å². The molecule has 0 bridgehead atoms. The Bertz CT molecular complexity index is 700. The van der Waals surface area contributed by atoms with Gasteiger partial charge in [-0.25, -0.2) is 4.39 Å². The Balaban J connectivity index is 2.28. The van der Waals surface area contributed by atoms with E-state index in [1.807, 2.05) is 0 Å². The van der Waals surface area contributed by atoms with Gasteiger partial charge >= 0.3 is 0 Å². The summed E-state index contributed by atoms with van der Waals surface area (Å²) in [7, 11) is 0. The van der Waals surface area contributed by atoms with Crippen LogP contribution in [0.4, 0.5) is 4.39 Å². The van der Waals surface area contributed by atoms with Crippen LogP contribution in [0, 0.1) is 16.5 Å². The van der Waals surface area contributed by atoms with Crippen molar-refractivity contribution in [2.45, 2.75) is 19.4 Å². The fourth-order valence-corrected chi connectivity index (χ4v) is 2.21. The molecule has 1 aliphatic carbocycles. The third-order valence-corrected chi connectivity index (χ3v) is 3.40. The van der Waals surface area contributed by atoms with Crippen molar-refractivity contribution in [3.63, 3.8) is 0 Å². The van der Waals surface area contributed by atoms with Gasteiger partial charge in [0.1, 0.15) is 5.82 Å². The first-order valence-electron chi connectivity index (χ1n) is 5.57. The van der Waals surface area contributed by atoms with Crippen molar-refractivity contribution in [1.29, 1.82) is 0 Å². The lowest BCUT2D eigenvalue weighted by Crippen LogP contribution is -2.23. The molecule has 0 atom stereocenters. The predicted molar refractivity (Wildman–Crippen MR) is 66.1 cm³/mol. The molecule has 1 fully saturated rings. The number of benzene rings is 1. The fourth-order valence-electron chi connectivity index (χ4n) is 1.95. The van der Waals surface area contributed by atoms with Gasteiger partial charge in [-0.05, 0) is 49.2 Å². The van der Waals surface area contributed by atoms with Gasteiger partial charge in [0.2, 0.25) is 0 Å². The summed E-state index contributed by atoms with van der Waals surface area (Å²) in [5.74, 6) is 0.145. The maximum Gasteiger partial charge on any atom is 0.262 e. The van der Waals surface area contributed by atoms with E-state index in [0.29, 0.717) is 28.1 Å². The lowest BCUT2D eigenvalue weighted by molar-refractivity contribution is 0.592. The second-order valence-corrected chi connectivity index (χ2v) is 4.87. The maximum absolute atomic E-state index is 13.1. The standard InChI is InChI=1S/C12H11FN2OS/c13-8-3-4-10-9(5-8)11(16)15(12(17)14-10)6-7-1-2-7/h3-5,7H,1-2,6H2,(H,14,17). The number of nitrogens with one attached hydrogen (secondary N) is 1. The smallest absolute Gasteiger partial charge is 0.262 e. The lowest BCUT2D eigenvalue weighted by Gasteiger charge is -2.06. The first-order valence-corrected chi connectivity index (χ1v) is 5.98. The average molecular weight is 250 g/mol. The molecule has 0 spiro atoms. The van der Waals surface area contributed by atoms with Crippen LogP contribution < -0.4 is 5.56 Å². The summed E-state index contributed by atoms with van der Waals surface area (Å²) in [6.45, 7) is 0.640. The zero-order valence-electron chi connectivity index (χ0n) is 9.07. The number of hydrogen-bond acceptors (Lipinski definition) is 2. The summed E-state index contributed by atoms with van der Waals surface area (Å²) in [4.78, 5) is 15.1. The number of aromatic amines is 1. The zero-order valence-corrected chi connectivity index (χ0v) is 9.89. The molecule has 1 N–H and O–H groups in total. The Morgan fingerprint density at radius 3 is 2.94 bits per heavy atom. The van der Waals surface area contributed by atoms with Gasteiger partial charge in [-0.1, -0.05) is 0 Å². The summed E-state index contributed by atoms with van der Waals surface area (Å²) in [6.07, 6.45) is 2.28. The second kappa shape index (κ2) is 3.77. The van der Waals surface area contributed by atoms with Crippen LogP contribution in [0.5, 0.6) is 0 Å². The van der Waals surface area contributed by atoms with Gasteiger partial charge < -0.3 is 4.98 Å². The molecule has 1 aromatic carbocycles. The van der Waals surface area contributed by atoms with Gasteiger partial charge in [0, 0.05) is 6.54 Å². The number of H-pyrrole nitrogens is 1. The Morgan fingerprint density at radius 1 is 1.47 bits per heavy atom. The van der Waals surface area contributed by atoms with Crippen LogP contribution in [0.25, 0.3) is 10.9 Å². The SMILES string of the molecule is O=c1c2cc(F)ccc2[nH]c(=S)n1CC1CC1. The van der Waals surface area contributed by atoms with E-state index in [9.17, 15) is 9.18 Å². The van der Waals surface area contributed by atoms with Crippen molar-refractivity contribution in [3.05, 3.63) is 39.1 Å². The molecule has 0 aliphatic heterocycles. The minimum absolute atomic E-state index is 0.199. The van der Waals surface area contributed by atoms with E-state index in [-0.39, 0.29) is 5.56 Å². The lowest BCUT2D eigenvalue weighted by atomic mass is 10.2. The van der Waals surface area contributed by atoms with Crippen molar-refractivity contribution >= 4 is 23.1 Å². The molecule has 3 rings (SSSR count). The van der Waals surface area contributed by atoms with E-state index >= 15 is 0 Å². The molecule has 2 aromatic rings. The Hall–Kier alpha value is -1.49. The van der Waals surface area contributed by atoms with Gasteiger partial charge in [-0.3, -0.25) is 9.36 Å². The highest BCUT2D eigenvalue weighted by Gasteiger charge is 2.23. The Labute approximate surface area is 102 Å². The topological polar surface area (TPSA) is 37.8 Å². The molecule has 3 nitrogen and oxygen atoms in total. The number of rotatable bonds is 2. The minimum atomic E-state index is -0.405. The number of aromatic nitrogens is 2. The Morgan fingerprint density at radius 2 is 2.24 bits per heavy atom. The van der Waals surface area contributed by atoms with Crippen LogP contribution in [-0.4, -0.2) is 9.55 Å². The van der Waals surface area contributed by atoms with E-state index in [4.69, 9.17) is 12.2 Å². The first kappa shape index (κ1) is 10.7. The average Bonchev–Trinajstić information content (AvgIpc) is 3.09. The molecule has 17 heavy (non-hydrogen) atoms. The highest BCUT2D eigenvalue weighted by molar-refractivity contribution is 7.71. The molecule has 1 saturated carbocycles. The van der Waals surface area contributed by atoms with Crippen molar-refractivity contribution < 1.29 is 4.39 Å². The molecule has 1 heterocycles. The number of nitrogens with zero attached hydrogens (tertiary/aromatic N) is 1. The summed E-state index contributed by atoms with van der Waals surface area (Å²) >= 11 is 5.16. The molecule has 0 amide bonds. The highest BCUT2D eigenvalue weighted by atomic mass is 32.1. The van der Waals surface area contributed by atoms with Crippen LogP contribution in [0.1, 0.15) is 12.8 Å². The molecule has 0 radical (unpaired) electrons. The zero-order chi connectivity index (χ0) is 12.0. The largest absolute Gasteiger partial charge is 0.332 e. The molecular weight excluding hydrogens is 239 g/mol. The molecule has 1 aromatic heterocycles.